The van der Waals surface area contributed by atoms with E-state index in [1.807, 2.05) is 30.3 Å². The molecule has 4 rings (SSSR count). The number of ether oxygens (including phenoxy) is 2. The highest BCUT2D eigenvalue weighted by atomic mass is 16.6. The van der Waals surface area contributed by atoms with Gasteiger partial charge in [0.1, 0.15) is 19.0 Å². The lowest BCUT2D eigenvalue weighted by Gasteiger charge is -2.26. The van der Waals surface area contributed by atoms with Crippen LogP contribution in [0.25, 0.3) is 22.3 Å². The predicted octanol–water partition coefficient (Wildman–Crippen LogP) is 7.30. The molecule has 0 amide bonds. The van der Waals surface area contributed by atoms with E-state index in [0.29, 0.717) is 11.5 Å². The van der Waals surface area contributed by atoms with Crippen LogP contribution < -0.4 is 4.74 Å². The topological polar surface area (TPSA) is 55.8 Å². The molecule has 36 heavy (non-hydrogen) atoms. The molecular formula is C32H36O4. The van der Waals surface area contributed by atoms with Crippen LogP contribution in [0.1, 0.15) is 56.6 Å². The molecule has 0 spiro atoms. The number of hydrogen-bond acceptors (Lipinski definition) is 4. The first-order chi connectivity index (χ1) is 17.4. The molecule has 0 unspecified atom stereocenters. The van der Waals surface area contributed by atoms with Crippen LogP contribution in [0, 0.1) is 5.92 Å². The summed E-state index contributed by atoms with van der Waals surface area (Å²) in [7, 11) is 0. The van der Waals surface area contributed by atoms with E-state index >= 15 is 0 Å². The molecule has 0 radical (unpaired) electrons. The standard InChI is InChI=1S/C32H36O4/c1-22(2)32(34)36-19-18-35-31-20-29(16-17-30(31)28-10-6-24(21-33)7-11-28)27-14-12-26(13-15-27)25-8-4-23(3)5-9-25/h6-7,10-17,20,23,25,33H,1,4-5,8-9,18-19,21H2,2-3H3. The van der Waals surface area contributed by atoms with Crippen LogP contribution in [-0.2, 0) is 16.1 Å². The maximum Gasteiger partial charge on any atom is 0.333 e. The van der Waals surface area contributed by atoms with Gasteiger partial charge < -0.3 is 14.6 Å². The molecule has 1 fully saturated rings. The van der Waals surface area contributed by atoms with E-state index in [1.165, 1.54) is 31.2 Å². The van der Waals surface area contributed by atoms with Gasteiger partial charge in [0, 0.05) is 11.1 Å². The van der Waals surface area contributed by atoms with Crippen molar-refractivity contribution in [3.05, 3.63) is 90.0 Å². The normalized spacial score (nSPS) is 17.4. The first-order valence-electron chi connectivity index (χ1n) is 12.8. The highest BCUT2D eigenvalue weighted by molar-refractivity contribution is 5.86. The molecule has 0 heterocycles. The average Bonchev–Trinajstić information content (AvgIpc) is 2.91. The highest BCUT2D eigenvalue weighted by Crippen LogP contribution is 2.38. The third-order valence-electron chi connectivity index (χ3n) is 7.08. The summed E-state index contributed by atoms with van der Waals surface area (Å²) >= 11 is 0. The summed E-state index contributed by atoms with van der Waals surface area (Å²) < 4.78 is 11.3. The van der Waals surface area contributed by atoms with E-state index in [4.69, 9.17) is 9.47 Å². The van der Waals surface area contributed by atoms with Gasteiger partial charge in [-0.2, -0.15) is 0 Å². The first-order valence-corrected chi connectivity index (χ1v) is 12.8. The van der Waals surface area contributed by atoms with Crippen LogP contribution in [0.4, 0.5) is 0 Å². The van der Waals surface area contributed by atoms with Crippen molar-refractivity contribution in [2.45, 2.75) is 52.1 Å². The summed E-state index contributed by atoms with van der Waals surface area (Å²) in [6.07, 6.45) is 5.18. The van der Waals surface area contributed by atoms with Gasteiger partial charge in [0.2, 0.25) is 0 Å². The van der Waals surface area contributed by atoms with E-state index in [-0.39, 0.29) is 19.8 Å². The zero-order valence-electron chi connectivity index (χ0n) is 21.3. The Kier molecular flexibility index (Phi) is 8.61. The molecule has 4 heteroatoms. The van der Waals surface area contributed by atoms with Crippen molar-refractivity contribution >= 4 is 5.97 Å². The molecule has 188 valence electrons. The van der Waals surface area contributed by atoms with E-state index in [0.717, 1.165) is 39.5 Å². The van der Waals surface area contributed by atoms with E-state index in [2.05, 4.69) is 49.9 Å². The molecule has 0 aromatic heterocycles. The maximum absolute atomic E-state index is 11.7. The van der Waals surface area contributed by atoms with Crippen LogP contribution >= 0.6 is 0 Å². The Hall–Kier alpha value is -3.37. The van der Waals surface area contributed by atoms with Gasteiger partial charge >= 0.3 is 5.97 Å². The van der Waals surface area contributed by atoms with Gasteiger partial charge in [-0.15, -0.1) is 0 Å². The zero-order valence-corrected chi connectivity index (χ0v) is 21.3. The molecule has 0 saturated heterocycles. The first kappa shape index (κ1) is 25.7. The molecule has 1 aliphatic rings. The van der Waals surface area contributed by atoms with Gasteiger partial charge in [0.05, 0.1) is 6.61 Å². The monoisotopic (exact) mass is 484 g/mol. The second kappa shape index (κ2) is 12.0. The fourth-order valence-corrected chi connectivity index (χ4v) is 4.80. The van der Waals surface area contributed by atoms with Crippen molar-refractivity contribution in [3.8, 4) is 28.0 Å². The average molecular weight is 485 g/mol. The number of aliphatic hydroxyl groups is 1. The lowest BCUT2D eigenvalue weighted by atomic mass is 9.79. The minimum absolute atomic E-state index is 0.00649. The van der Waals surface area contributed by atoms with Gasteiger partial charge in [-0.05, 0) is 65.5 Å². The number of hydrogen-bond donors (Lipinski definition) is 1. The zero-order chi connectivity index (χ0) is 25.5. The Morgan fingerprint density at radius 1 is 0.889 bits per heavy atom. The van der Waals surface area contributed by atoms with Gasteiger partial charge in [-0.3, -0.25) is 0 Å². The highest BCUT2D eigenvalue weighted by Gasteiger charge is 2.19. The van der Waals surface area contributed by atoms with Crippen molar-refractivity contribution in [3.63, 3.8) is 0 Å². The Bertz CT molecular complexity index is 1170. The van der Waals surface area contributed by atoms with Crippen molar-refractivity contribution in [1.82, 2.24) is 0 Å². The van der Waals surface area contributed by atoms with Crippen LogP contribution in [0.15, 0.2) is 78.9 Å². The van der Waals surface area contributed by atoms with Crippen molar-refractivity contribution in [2.24, 2.45) is 5.92 Å². The lowest BCUT2D eigenvalue weighted by molar-refractivity contribution is -0.139. The van der Waals surface area contributed by atoms with Crippen LogP contribution in [0.3, 0.4) is 0 Å². The van der Waals surface area contributed by atoms with Crippen LogP contribution in [0.5, 0.6) is 5.75 Å². The summed E-state index contributed by atoms with van der Waals surface area (Å²) in [6, 6.07) is 23.0. The van der Waals surface area contributed by atoms with Gasteiger partial charge in [0.15, 0.2) is 0 Å². The Balaban J connectivity index is 1.55. The van der Waals surface area contributed by atoms with E-state index < -0.39 is 5.97 Å². The molecule has 1 N–H and O–H groups in total. The number of esters is 1. The molecule has 0 bridgehead atoms. The van der Waals surface area contributed by atoms with Crippen molar-refractivity contribution in [2.75, 3.05) is 13.2 Å². The smallest absolute Gasteiger partial charge is 0.333 e. The Labute approximate surface area is 214 Å². The summed E-state index contributed by atoms with van der Waals surface area (Å²) in [5, 5.41) is 9.39. The quantitative estimate of drug-likeness (QED) is 0.197. The van der Waals surface area contributed by atoms with E-state index in [1.54, 1.807) is 6.92 Å². The third-order valence-corrected chi connectivity index (χ3v) is 7.08. The summed E-state index contributed by atoms with van der Waals surface area (Å²) in [5.41, 5.74) is 6.82. The fourth-order valence-electron chi connectivity index (χ4n) is 4.80. The summed E-state index contributed by atoms with van der Waals surface area (Å²) in [5.74, 6) is 1.82. The Morgan fingerprint density at radius 2 is 1.53 bits per heavy atom. The largest absolute Gasteiger partial charge is 0.489 e. The Morgan fingerprint density at radius 3 is 2.17 bits per heavy atom. The maximum atomic E-state index is 11.7. The molecule has 0 atom stereocenters. The molecule has 1 aliphatic carbocycles. The minimum atomic E-state index is -0.417. The van der Waals surface area contributed by atoms with Crippen molar-refractivity contribution < 1.29 is 19.4 Å². The van der Waals surface area contributed by atoms with Crippen LogP contribution in [-0.4, -0.2) is 24.3 Å². The van der Waals surface area contributed by atoms with Crippen LogP contribution in [0.2, 0.25) is 0 Å². The predicted molar refractivity (Wildman–Crippen MR) is 145 cm³/mol. The second-order valence-electron chi connectivity index (χ2n) is 9.91. The number of carbonyl (C=O) groups excluding carboxylic acids is 1. The SMILES string of the molecule is C=C(C)C(=O)OCCOc1cc(-c2ccc(C3CCC(C)CC3)cc2)ccc1-c1ccc(CO)cc1. The molecule has 1 saturated carbocycles. The van der Waals surface area contributed by atoms with Crippen molar-refractivity contribution in [1.29, 1.82) is 0 Å². The summed E-state index contributed by atoms with van der Waals surface area (Å²) in [4.78, 5) is 11.7. The van der Waals surface area contributed by atoms with E-state index in [9.17, 15) is 9.90 Å². The summed E-state index contributed by atoms with van der Waals surface area (Å²) in [6.45, 7) is 7.98. The molecule has 4 nitrogen and oxygen atoms in total. The van der Waals surface area contributed by atoms with Gasteiger partial charge in [-0.25, -0.2) is 4.79 Å². The molecule has 3 aromatic carbocycles. The van der Waals surface area contributed by atoms with Gasteiger partial charge in [-0.1, -0.05) is 87.0 Å². The van der Waals surface area contributed by atoms with Gasteiger partial charge in [0.25, 0.3) is 0 Å². The number of benzene rings is 3. The number of carbonyl (C=O) groups is 1. The molecule has 3 aromatic rings. The molecule has 0 aliphatic heterocycles. The fraction of sp³-hybridized carbons (Fsp3) is 0.344. The second-order valence-corrected chi connectivity index (χ2v) is 9.91. The number of rotatable bonds is 9. The number of aliphatic hydroxyl groups excluding tert-OH is 1. The minimum Gasteiger partial charge on any atom is -0.489 e. The third kappa shape index (κ3) is 6.44. The lowest BCUT2D eigenvalue weighted by Crippen LogP contribution is -2.12. The molecular weight excluding hydrogens is 448 g/mol.